The summed E-state index contributed by atoms with van der Waals surface area (Å²) >= 11 is 0. The van der Waals surface area contributed by atoms with Gasteiger partial charge in [0.2, 0.25) is 5.78 Å². The third-order valence-corrected chi connectivity index (χ3v) is 4.54. The van der Waals surface area contributed by atoms with Crippen molar-refractivity contribution in [2.75, 3.05) is 6.73 Å². The van der Waals surface area contributed by atoms with Crippen molar-refractivity contribution in [1.29, 1.82) is 0 Å². The Morgan fingerprint density at radius 2 is 1.92 bits per heavy atom. The van der Waals surface area contributed by atoms with Gasteiger partial charge in [0, 0.05) is 12.6 Å². The van der Waals surface area contributed by atoms with Crippen molar-refractivity contribution >= 4 is 11.9 Å². The first-order chi connectivity index (χ1) is 12.0. The Labute approximate surface area is 145 Å². The number of Topliss-reactive ketones (excluding diaryl/α,β-unsaturated/α-hetero) is 1. The predicted molar refractivity (Wildman–Crippen MR) is 92.0 cm³/mol. The quantitative estimate of drug-likeness (QED) is 0.775. The van der Waals surface area contributed by atoms with Crippen molar-refractivity contribution < 1.29 is 18.7 Å². The number of rotatable bonds is 2. The molecule has 2 aliphatic rings. The summed E-state index contributed by atoms with van der Waals surface area (Å²) in [5, 5.41) is 0. The molecule has 0 fully saturated rings. The molecule has 0 bridgehead atoms. The topological polar surface area (TPSA) is 38.8 Å². The molecule has 0 radical (unpaired) electrons. The molecule has 0 atom stereocenters. The molecule has 4 rings (SSSR count). The van der Waals surface area contributed by atoms with Crippen LogP contribution < -0.4 is 9.47 Å². The molecular formula is C20H18FNO3. The number of ether oxygens (including phenoxy) is 2. The van der Waals surface area contributed by atoms with E-state index in [0.717, 1.165) is 11.3 Å². The van der Waals surface area contributed by atoms with Gasteiger partial charge in [0.05, 0.1) is 11.1 Å². The summed E-state index contributed by atoms with van der Waals surface area (Å²) in [7, 11) is 0. The fraction of sp³-hybridized carbons (Fsp3) is 0.250. The third kappa shape index (κ3) is 2.81. The molecule has 0 aromatic heterocycles. The van der Waals surface area contributed by atoms with E-state index in [0.29, 0.717) is 36.2 Å². The van der Waals surface area contributed by atoms with Crippen molar-refractivity contribution in [2.24, 2.45) is 0 Å². The molecule has 2 aliphatic heterocycles. The van der Waals surface area contributed by atoms with E-state index in [1.807, 2.05) is 6.07 Å². The fourth-order valence-electron chi connectivity index (χ4n) is 3.02. The van der Waals surface area contributed by atoms with Crippen LogP contribution in [0.25, 0.3) is 6.08 Å². The average molecular weight is 339 g/mol. The number of benzene rings is 2. The van der Waals surface area contributed by atoms with Gasteiger partial charge in [-0.05, 0) is 49.8 Å². The van der Waals surface area contributed by atoms with E-state index in [9.17, 15) is 9.18 Å². The van der Waals surface area contributed by atoms with Gasteiger partial charge in [0.15, 0.2) is 5.76 Å². The van der Waals surface area contributed by atoms with Crippen molar-refractivity contribution in [1.82, 2.24) is 4.90 Å². The maximum Gasteiger partial charge on any atom is 0.231 e. The minimum absolute atomic E-state index is 0.163. The number of allylic oxidation sites excluding steroid dienone is 1. The summed E-state index contributed by atoms with van der Waals surface area (Å²) in [4.78, 5) is 14.8. The van der Waals surface area contributed by atoms with Gasteiger partial charge in [-0.3, -0.25) is 9.69 Å². The Morgan fingerprint density at radius 3 is 2.64 bits per heavy atom. The van der Waals surface area contributed by atoms with Gasteiger partial charge in [-0.25, -0.2) is 4.39 Å². The van der Waals surface area contributed by atoms with Crippen LogP contribution in [0.5, 0.6) is 11.5 Å². The Hall–Kier alpha value is -2.66. The lowest BCUT2D eigenvalue weighted by molar-refractivity contribution is 0.0674. The monoisotopic (exact) mass is 339 g/mol. The summed E-state index contributed by atoms with van der Waals surface area (Å²) in [5.74, 6) is 1.09. The van der Waals surface area contributed by atoms with Gasteiger partial charge >= 0.3 is 0 Å². The van der Waals surface area contributed by atoms with Crippen LogP contribution in [-0.4, -0.2) is 23.5 Å². The molecule has 0 saturated carbocycles. The largest absolute Gasteiger partial charge is 0.478 e. The average Bonchev–Trinajstić information content (AvgIpc) is 2.93. The molecule has 0 unspecified atom stereocenters. The number of nitrogens with zero attached hydrogens (tertiary/aromatic N) is 1. The number of fused-ring (bicyclic) bond motifs is 3. The standard InChI is InChI=1S/C20H18FNO3/c1-12(2)22-10-16-17(24-11-22)8-7-15-19(23)18(25-20(15)16)9-13-3-5-14(21)6-4-13/h3-9,12H,10-11H2,1-2H3/b18-9-. The molecule has 2 aromatic rings. The van der Waals surface area contributed by atoms with Crippen LogP contribution in [0.2, 0.25) is 0 Å². The van der Waals surface area contributed by atoms with E-state index in [1.54, 1.807) is 24.3 Å². The highest BCUT2D eigenvalue weighted by Crippen LogP contribution is 2.42. The number of hydrogen-bond donors (Lipinski definition) is 0. The molecule has 0 amide bonds. The molecule has 0 N–H and O–H groups in total. The van der Waals surface area contributed by atoms with Crippen molar-refractivity contribution in [3.63, 3.8) is 0 Å². The molecule has 4 nitrogen and oxygen atoms in total. The fourth-order valence-corrected chi connectivity index (χ4v) is 3.02. The van der Waals surface area contributed by atoms with Crippen LogP contribution in [0.1, 0.15) is 35.3 Å². The zero-order valence-corrected chi connectivity index (χ0v) is 14.1. The summed E-state index contributed by atoms with van der Waals surface area (Å²) in [6.07, 6.45) is 1.64. The number of carbonyl (C=O) groups is 1. The van der Waals surface area contributed by atoms with E-state index in [-0.39, 0.29) is 17.4 Å². The summed E-state index contributed by atoms with van der Waals surface area (Å²) in [5.41, 5.74) is 2.15. The molecular weight excluding hydrogens is 321 g/mol. The predicted octanol–water partition coefficient (Wildman–Crippen LogP) is 4.00. The first-order valence-corrected chi connectivity index (χ1v) is 8.25. The van der Waals surface area contributed by atoms with Gasteiger partial charge < -0.3 is 9.47 Å². The second-order valence-electron chi connectivity index (χ2n) is 6.52. The van der Waals surface area contributed by atoms with Crippen molar-refractivity contribution in [3.05, 3.63) is 64.7 Å². The molecule has 5 heteroatoms. The minimum Gasteiger partial charge on any atom is -0.478 e. The van der Waals surface area contributed by atoms with E-state index in [4.69, 9.17) is 9.47 Å². The molecule has 0 saturated heterocycles. The Bertz CT molecular complexity index is 871. The van der Waals surface area contributed by atoms with Gasteiger partial charge in [-0.1, -0.05) is 12.1 Å². The normalized spacial score (nSPS) is 18.1. The van der Waals surface area contributed by atoms with Gasteiger partial charge in [-0.15, -0.1) is 0 Å². The first kappa shape index (κ1) is 15.8. The number of carbonyl (C=O) groups excluding carboxylic acids is 1. The Balaban J connectivity index is 1.70. The molecule has 128 valence electrons. The van der Waals surface area contributed by atoms with E-state index < -0.39 is 0 Å². The zero-order valence-electron chi connectivity index (χ0n) is 14.1. The first-order valence-electron chi connectivity index (χ1n) is 8.25. The molecule has 0 aliphatic carbocycles. The molecule has 2 heterocycles. The second-order valence-corrected chi connectivity index (χ2v) is 6.52. The Morgan fingerprint density at radius 1 is 1.16 bits per heavy atom. The molecule has 2 aromatic carbocycles. The smallest absolute Gasteiger partial charge is 0.231 e. The van der Waals surface area contributed by atoms with Gasteiger partial charge in [0.1, 0.15) is 24.0 Å². The minimum atomic E-state index is -0.316. The lowest BCUT2D eigenvalue weighted by atomic mass is 10.0. The lowest BCUT2D eigenvalue weighted by Gasteiger charge is -2.32. The summed E-state index contributed by atoms with van der Waals surface area (Å²) < 4.78 is 24.7. The highest BCUT2D eigenvalue weighted by molar-refractivity contribution is 6.15. The van der Waals surface area contributed by atoms with Crippen LogP contribution in [0.15, 0.2) is 42.2 Å². The number of ketones is 1. The van der Waals surface area contributed by atoms with Crippen molar-refractivity contribution in [2.45, 2.75) is 26.4 Å². The number of halogens is 1. The number of hydrogen-bond acceptors (Lipinski definition) is 4. The van der Waals surface area contributed by atoms with Crippen LogP contribution in [0.4, 0.5) is 4.39 Å². The van der Waals surface area contributed by atoms with Crippen LogP contribution in [0, 0.1) is 5.82 Å². The summed E-state index contributed by atoms with van der Waals surface area (Å²) in [6, 6.07) is 9.84. The van der Waals surface area contributed by atoms with Crippen LogP contribution in [-0.2, 0) is 6.54 Å². The third-order valence-electron chi connectivity index (χ3n) is 4.54. The van der Waals surface area contributed by atoms with Gasteiger partial charge in [-0.2, -0.15) is 0 Å². The van der Waals surface area contributed by atoms with E-state index >= 15 is 0 Å². The zero-order chi connectivity index (χ0) is 17.6. The van der Waals surface area contributed by atoms with Gasteiger partial charge in [0.25, 0.3) is 0 Å². The lowest BCUT2D eigenvalue weighted by Crippen LogP contribution is -2.37. The highest BCUT2D eigenvalue weighted by Gasteiger charge is 2.33. The van der Waals surface area contributed by atoms with Crippen LogP contribution in [0.3, 0.4) is 0 Å². The second kappa shape index (κ2) is 6.01. The van der Waals surface area contributed by atoms with E-state index in [2.05, 4.69) is 18.7 Å². The van der Waals surface area contributed by atoms with Crippen molar-refractivity contribution in [3.8, 4) is 11.5 Å². The molecule has 0 spiro atoms. The maximum atomic E-state index is 13.0. The van der Waals surface area contributed by atoms with E-state index in [1.165, 1.54) is 12.1 Å². The highest BCUT2D eigenvalue weighted by atomic mass is 19.1. The Kier molecular flexibility index (Phi) is 3.81. The maximum absolute atomic E-state index is 13.0. The molecule has 25 heavy (non-hydrogen) atoms. The summed E-state index contributed by atoms with van der Waals surface area (Å²) in [6.45, 7) is 5.40. The van der Waals surface area contributed by atoms with Crippen LogP contribution >= 0.6 is 0 Å². The SMILES string of the molecule is CC(C)N1COc2ccc3c(c2C1)O/C(=C\c1ccc(F)cc1)C3=O.